The van der Waals surface area contributed by atoms with Crippen molar-refractivity contribution in [2.45, 2.75) is 58.0 Å². The predicted molar refractivity (Wildman–Crippen MR) is 76.5 cm³/mol. The number of aliphatic hydroxyl groups excluding tert-OH is 1. The molecule has 1 N–H and O–H groups in total. The molecule has 0 aliphatic heterocycles. The summed E-state index contributed by atoms with van der Waals surface area (Å²) in [6.45, 7) is 2.32. The quantitative estimate of drug-likeness (QED) is 0.825. The van der Waals surface area contributed by atoms with Gasteiger partial charge in [-0.1, -0.05) is 50.1 Å². The summed E-state index contributed by atoms with van der Waals surface area (Å²) < 4.78 is 0. The van der Waals surface area contributed by atoms with Gasteiger partial charge in [0.25, 0.3) is 0 Å². The minimum Gasteiger partial charge on any atom is -0.393 e. The fourth-order valence-corrected chi connectivity index (χ4v) is 3.23. The van der Waals surface area contributed by atoms with Gasteiger partial charge in [0, 0.05) is 0 Å². The van der Waals surface area contributed by atoms with E-state index >= 15 is 0 Å². The first-order chi connectivity index (χ1) is 8.75. The van der Waals surface area contributed by atoms with E-state index in [0.29, 0.717) is 5.92 Å². The molecule has 1 aromatic carbocycles. The largest absolute Gasteiger partial charge is 0.393 e. The van der Waals surface area contributed by atoms with Gasteiger partial charge < -0.3 is 5.11 Å². The number of hydrogen-bond acceptors (Lipinski definition) is 1. The molecule has 0 amide bonds. The van der Waals surface area contributed by atoms with Crippen LogP contribution in [0.2, 0.25) is 0 Å². The van der Waals surface area contributed by atoms with Crippen LogP contribution in [0.4, 0.5) is 0 Å². The second-order valence-electron chi connectivity index (χ2n) is 5.98. The lowest BCUT2D eigenvalue weighted by Gasteiger charge is -2.30. The van der Waals surface area contributed by atoms with Crippen molar-refractivity contribution >= 4 is 0 Å². The van der Waals surface area contributed by atoms with Crippen molar-refractivity contribution in [1.82, 2.24) is 0 Å². The molecule has 3 unspecified atom stereocenters. The van der Waals surface area contributed by atoms with E-state index in [-0.39, 0.29) is 6.10 Å². The number of rotatable bonds is 5. The number of aliphatic hydroxyl groups is 1. The maximum atomic E-state index is 10.3. The second-order valence-corrected chi connectivity index (χ2v) is 5.98. The standard InChI is InChI=1S/C17H26O/c1-14-7-5-11-16(13-14)17(18)12-6-10-15-8-3-2-4-9-15/h2-4,8-9,14,16-18H,5-7,10-13H2,1H3. The van der Waals surface area contributed by atoms with Crippen LogP contribution in [0.5, 0.6) is 0 Å². The molecule has 1 heteroatoms. The fourth-order valence-electron chi connectivity index (χ4n) is 3.23. The molecule has 0 radical (unpaired) electrons. The molecule has 100 valence electrons. The Hall–Kier alpha value is -0.820. The van der Waals surface area contributed by atoms with Crippen molar-refractivity contribution in [2.75, 3.05) is 0 Å². The molecule has 1 saturated carbocycles. The smallest absolute Gasteiger partial charge is 0.0568 e. The van der Waals surface area contributed by atoms with E-state index in [0.717, 1.165) is 25.2 Å². The van der Waals surface area contributed by atoms with Gasteiger partial charge in [0.1, 0.15) is 0 Å². The molecule has 1 aliphatic carbocycles. The van der Waals surface area contributed by atoms with Gasteiger partial charge in [-0.3, -0.25) is 0 Å². The fraction of sp³-hybridized carbons (Fsp3) is 0.647. The number of hydrogen-bond donors (Lipinski definition) is 1. The van der Waals surface area contributed by atoms with Gasteiger partial charge in [-0.15, -0.1) is 0 Å². The number of aryl methyl sites for hydroxylation is 1. The highest BCUT2D eigenvalue weighted by atomic mass is 16.3. The first kappa shape index (κ1) is 13.6. The summed E-state index contributed by atoms with van der Waals surface area (Å²) in [7, 11) is 0. The van der Waals surface area contributed by atoms with Crippen LogP contribution in [0.1, 0.15) is 51.0 Å². The molecule has 0 heterocycles. The van der Waals surface area contributed by atoms with Crippen molar-refractivity contribution in [1.29, 1.82) is 0 Å². The Kier molecular flexibility index (Phi) is 5.25. The van der Waals surface area contributed by atoms with E-state index in [1.807, 2.05) is 0 Å². The topological polar surface area (TPSA) is 20.2 Å². The van der Waals surface area contributed by atoms with E-state index in [1.54, 1.807) is 0 Å². The molecule has 0 spiro atoms. The summed E-state index contributed by atoms with van der Waals surface area (Å²) in [5, 5.41) is 10.3. The SMILES string of the molecule is CC1CCCC(C(O)CCCc2ccccc2)C1. The highest BCUT2D eigenvalue weighted by Gasteiger charge is 2.24. The Bertz CT molecular complexity index is 333. The lowest BCUT2D eigenvalue weighted by molar-refractivity contribution is 0.0633. The Balaban J connectivity index is 1.70. The molecule has 3 atom stereocenters. The van der Waals surface area contributed by atoms with E-state index in [4.69, 9.17) is 0 Å². The Morgan fingerprint density at radius 2 is 2.00 bits per heavy atom. The van der Waals surface area contributed by atoms with Crippen LogP contribution >= 0.6 is 0 Å². The van der Waals surface area contributed by atoms with Crippen molar-refractivity contribution in [3.05, 3.63) is 35.9 Å². The molecule has 1 nitrogen and oxygen atoms in total. The minimum atomic E-state index is -0.0727. The maximum absolute atomic E-state index is 10.3. The third-order valence-electron chi connectivity index (χ3n) is 4.33. The molecule has 18 heavy (non-hydrogen) atoms. The summed E-state index contributed by atoms with van der Waals surface area (Å²) in [4.78, 5) is 0. The Labute approximate surface area is 111 Å². The van der Waals surface area contributed by atoms with Gasteiger partial charge in [0.05, 0.1) is 6.10 Å². The van der Waals surface area contributed by atoms with Gasteiger partial charge >= 0.3 is 0 Å². The van der Waals surface area contributed by atoms with Crippen LogP contribution in [-0.2, 0) is 6.42 Å². The van der Waals surface area contributed by atoms with E-state index in [1.165, 1.54) is 31.2 Å². The summed E-state index contributed by atoms with van der Waals surface area (Å²) in [5.41, 5.74) is 1.39. The van der Waals surface area contributed by atoms with Gasteiger partial charge in [-0.25, -0.2) is 0 Å². The highest BCUT2D eigenvalue weighted by Crippen LogP contribution is 2.32. The maximum Gasteiger partial charge on any atom is 0.0568 e. The normalized spacial score (nSPS) is 25.9. The highest BCUT2D eigenvalue weighted by molar-refractivity contribution is 5.14. The average molecular weight is 246 g/mol. The van der Waals surface area contributed by atoms with Gasteiger partial charge in [-0.05, 0) is 49.5 Å². The van der Waals surface area contributed by atoms with E-state index < -0.39 is 0 Å². The minimum absolute atomic E-state index is 0.0727. The van der Waals surface area contributed by atoms with Crippen LogP contribution in [0, 0.1) is 11.8 Å². The third kappa shape index (κ3) is 4.13. The van der Waals surface area contributed by atoms with Crippen LogP contribution in [0.3, 0.4) is 0 Å². The number of benzene rings is 1. The predicted octanol–water partition coefficient (Wildman–Crippen LogP) is 4.20. The van der Waals surface area contributed by atoms with E-state index in [2.05, 4.69) is 37.3 Å². The van der Waals surface area contributed by atoms with Crippen molar-refractivity contribution < 1.29 is 5.11 Å². The van der Waals surface area contributed by atoms with Crippen LogP contribution in [0.25, 0.3) is 0 Å². The summed E-state index contributed by atoms with van der Waals surface area (Å²) in [6, 6.07) is 10.6. The van der Waals surface area contributed by atoms with E-state index in [9.17, 15) is 5.11 Å². The molecule has 0 bridgehead atoms. The van der Waals surface area contributed by atoms with Gasteiger partial charge in [0.15, 0.2) is 0 Å². The van der Waals surface area contributed by atoms with Crippen LogP contribution in [0.15, 0.2) is 30.3 Å². The molecule has 1 fully saturated rings. The zero-order valence-corrected chi connectivity index (χ0v) is 11.5. The molecule has 1 aromatic rings. The van der Waals surface area contributed by atoms with Crippen molar-refractivity contribution in [3.8, 4) is 0 Å². The molecular weight excluding hydrogens is 220 g/mol. The zero-order valence-electron chi connectivity index (χ0n) is 11.5. The third-order valence-corrected chi connectivity index (χ3v) is 4.33. The Morgan fingerprint density at radius 3 is 2.72 bits per heavy atom. The molecule has 2 rings (SSSR count). The molecule has 0 aromatic heterocycles. The first-order valence-electron chi connectivity index (χ1n) is 7.47. The second kappa shape index (κ2) is 6.94. The summed E-state index contributed by atoms with van der Waals surface area (Å²) >= 11 is 0. The zero-order chi connectivity index (χ0) is 12.8. The van der Waals surface area contributed by atoms with Crippen LogP contribution < -0.4 is 0 Å². The molecular formula is C17H26O. The van der Waals surface area contributed by atoms with Gasteiger partial charge in [0.2, 0.25) is 0 Å². The average Bonchev–Trinajstić information content (AvgIpc) is 2.40. The summed E-state index contributed by atoms with van der Waals surface area (Å²) in [6.07, 6.45) is 8.22. The van der Waals surface area contributed by atoms with Gasteiger partial charge in [-0.2, -0.15) is 0 Å². The molecule has 0 saturated heterocycles. The monoisotopic (exact) mass is 246 g/mol. The molecule has 1 aliphatic rings. The van der Waals surface area contributed by atoms with Crippen LogP contribution in [-0.4, -0.2) is 11.2 Å². The first-order valence-corrected chi connectivity index (χ1v) is 7.47. The lowest BCUT2D eigenvalue weighted by Crippen LogP contribution is -2.25. The summed E-state index contributed by atoms with van der Waals surface area (Å²) in [5.74, 6) is 1.37. The van der Waals surface area contributed by atoms with Crippen molar-refractivity contribution in [3.63, 3.8) is 0 Å². The van der Waals surface area contributed by atoms with Crippen molar-refractivity contribution in [2.24, 2.45) is 11.8 Å². The Morgan fingerprint density at radius 1 is 1.22 bits per heavy atom. The lowest BCUT2D eigenvalue weighted by atomic mass is 9.78.